The van der Waals surface area contributed by atoms with Crippen LogP contribution in [0.25, 0.3) is 0 Å². The van der Waals surface area contributed by atoms with Crippen molar-refractivity contribution in [2.45, 2.75) is 30.7 Å². The lowest BCUT2D eigenvalue weighted by Gasteiger charge is -2.37. The van der Waals surface area contributed by atoms with Gasteiger partial charge in [-0.05, 0) is 12.2 Å². The maximum absolute atomic E-state index is 9.12. The second-order valence-corrected chi connectivity index (χ2v) is 3.81. The van der Waals surface area contributed by atoms with Gasteiger partial charge in [0.2, 0.25) is 0 Å². The van der Waals surface area contributed by atoms with E-state index in [0.717, 1.165) is 6.61 Å². The molecule has 0 aromatic rings. The van der Waals surface area contributed by atoms with Crippen LogP contribution >= 0.6 is 0 Å². The van der Waals surface area contributed by atoms with E-state index in [1.807, 2.05) is 18.2 Å². The first-order chi connectivity index (χ1) is 8.57. The molecule has 1 fully saturated rings. The van der Waals surface area contributed by atoms with Crippen molar-refractivity contribution in [1.29, 1.82) is 0 Å². The van der Waals surface area contributed by atoms with Crippen molar-refractivity contribution in [2.24, 2.45) is 0 Å². The van der Waals surface area contributed by atoms with Crippen molar-refractivity contribution in [3.63, 3.8) is 0 Å². The molecule has 0 spiro atoms. The Morgan fingerprint density at radius 2 is 1.72 bits per heavy atom. The molecule has 0 amide bonds. The molecule has 2 aliphatic rings. The van der Waals surface area contributed by atoms with E-state index >= 15 is 0 Å². The lowest BCUT2D eigenvalue weighted by molar-refractivity contribution is -0.286. The fourth-order valence-electron chi connectivity index (χ4n) is 1.43. The van der Waals surface area contributed by atoms with Crippen molar-refractivity contribution in [3.05, 3.63) is 24.5 Å². The van der Waals surface area contributed by atoms with Crippen LogP contribution in [0.3, 0.4) is 0 Å². The second kappa shape index (κ2) is 7.47. The third kappa shape index (κ3) is 4.05. The first-order valence-electron chi connectivity index (χ1n) is 5.49. The van der Waals surface area contributed by atoms with Crippen molar-refractivity contribution >= 4 is 0 Å². The molecule has 2 heterocycles. The first-order valence-corrected chi connectivity index (χ1v) is 5.49. The summed E-state index contributed by atoms with van der Waals surface area (Å²) in [6.07, 6.45) is 0.425. The maximum Gasteiger partial charge on any atom is 0.184 e. The lowest BCUT2D eigenvalue weighted by atomic mass is 10.00. The summed E-state index contributed by atoms with van der Waals surface area (Å²) in [4.78, 5) is 0. The van der Waals surface area contributed by atoms with Crippen LogP contribution in [0, 0.1) is 0 Å². The van der Waals surface area contributed by atoms with Gasteiger partial charge in [0.25, 0.3) is 0 Å². The van der Waals surface area contributed by atoms with Gasteiger partial charge in [-0.3, -0.25) is 0 Å². The molecule has 0 radical (unpaired) electrons. The van der Waals surface area contributed by atoms with E-state index < -0.39 is 37.3 Å². The zero-order valence-corrected chi connectivity index (χ0v) is 9.66. The summed E-state index contributed by atoms with van der Waals surface area (Å²) in [5, 5.41) is 44.7. The second-order valence-electron chi connectivity index (χ2n) is 3.81. The average Bonchev–Trinajstić information content (AvgIpc) is 2.43. The molecule has 104 valence electrons. The minimum atomic E-state index is -1.57. The van der Waals surface area contributed by atoms with E-state index in [2.05, 4.69) is 4.74 Å². The van der Waals surface area contributed by atoms with E-state index in [1.165, 1.54) is 0 Å². The molecule has 0 saturated carbocycles. The monoisotopic (exact) mass is 262 g/mol. The number of rotatable bonds is 1. The van der Waals surface area contributed by atoms with Gasteiger partial charge >= 0.3 is 0 Å². The van der Waals surface area contributed by atoms with Crippen molar-refractivity contribution in [1.82, 2.24) is 0 Å². The molecular weight excluding hydrogens is 244 g/mol. The van der Waals surface area contributed by atoms with Gasteiger partial charge in [-0.1, -0.05) is 6.08 Å². The molecule has 1 saturated heterocycles. The Kier molecular flexibility index (Phi) is 6.27. The zero-order valence-electron chi connectivity index (χ0n) is 9.66. The summed E-state index contributed by atoms with van der Waals surface area (Å²) in [6.45, 7) is 0.207. The van der Waals surface area contributed by atoms with Crippen molar-refractivity contribution in [2.75, 3.05) is 13.2 Å². The third-order valence-corrected chi connectivity index (χ3v) is 2.48. The number of allylic oxidation sites excluding steroid dienone is 2. The van der Waals surface area contributed by atoms with Crippen LogP contribution in [-0.2, 0) is 9.47 Å². The topological polar surface area (TPSA) is 120 Å². The highest BCUT2D eigenvalue weighted by Crippen LogP contribution is 2.18. The summed E-state index contributed by atoms with van der Waals surface area (Å²) in [6, 6.07) is 0. The highest BCUT2D eigenvalue weighted by Gasteiger charge is 2.42. The molecule has 5 atom stereocenters. The number of hydrogen-bond acceptors (Lipinski definition) is 7. The Labute approximate surface area is 104 Å². The van der Waals surface area contributed by atoms with Crippen LogP contribution in [0.1, 0.15) is 0 Å². The van der Waals surface area contributed by atoms with Gasteiger partial charge in [-0.25, -0.2) is 0 Å². The molecule has 0 aliphatic carbocycles. The van der Waals surface area contributed by atoms with Gasteiger partial charge in [0.1, 0.15) is 31.0 Å². The summed E-state index contributed by atoms with van der Waals surface area (Å²) in [5.41, 5.74) is 0. The highest BCUT2D eigenvalue weighted by molar-refractivity contribution is 5.03. The quantitative estimate of drug-likeness (QED) is 0.366. The Morgan fingerprint density at radius 1 is 1.00 bits per heavy atom. The summed E-state index contributed by atoms with van der Waals surface area (Å²) in [5.74, 6) is 0. The van der Waals surface area contributed by atoms with Gasteiger partial charge in [-0.15, -0.1) is 0 Å². The SMILES string of the molecule is C1=CCOC=C1.OC[C@H]1OC(O)[C@@H](O)[C@@H](O)[C@@H]1O. The fraction of sp³-hybridized carbons (Fsp3) is 0.636. The fourth-order valence-corrected chi connectivity index (χ4v) is 1.43. The summed E-state index contributed by atoms with van der Waals surface area (Å²) < 4.78 is 9.38. The molecule has 2 rings (SSSR count). The lowest BCUT2D eigenvalue weighted by Crippen LogP contribution is -2.58. The minimum Gasteiger partial charge on any atom is -0.497 e. The Morgan fingerprint density at radius 3 is 2.11 bits per heavy atom. The smallest absolute Gasteiger partial charge is 0.184 e. The van der Waals surface area contributed by atoms with Crippen molar-refractivity contribution < 1.29 is 35.0 Å². The standard InChI is InChI=1S/C6H12O6.C5H6O/c7-1-2-3(8)4(9)5(10)6(11)12-2;1-2-4-6-5-3-1/h2-11H,1H2;1-4H,5H2/t2-,3-,4+,5+,6?;/m1./s1. The van der Waals surface area contributed by atoms with Crippen LogP contribution in [0.5, 0.6) is 0 Å². The zero-order chi connectivity index (χ0) is 13.5. The van der Waals surface area contributed by atoms with Gasteiger partial charge in [0.05, 0.1) is 12.9 Å². The van der Waals surface area contributed by atoms with Crippen LogP contribution in [-0.4, -0.2) is 69.5 Å². The first kappa shape index (κ1) is 15.1. The molecule has 0 bridgehead atoms. The molecule has 5 N–H and O–H groups in total. The third-order valence-electron chi connectivity index (χ3n) is 2.48. The van der Waals surface area contributed by atoms with Crippen LogP contribution < -0.4 is 0 Å². The molecule has 2 aliphatic heterocycles. The number of aliphatic hydroxyl groups excluding tert-OH is 5. The Bertz CT molecular complexity index is 274. The van der Waals surface area contributed by atoms with Gasteiger partial charge in [0, 0.05) is 0 Å². The minimum absolute atomic E-state index is 0.526. The van der Waals surface area contributed by atoms with E-state index in [0.29, 0.717) is 0 Å². The summed E-state index contributed by atoms with van der Waals surface area (Å²) >= 11 is 0. The maximum atomic E-state index is 9.12. The average molecular weight is 262 g/mol. The predicted molar refractivity (Wildman–Crippen MR) is 60.2 cm³/mol. The largest absolute Gasteiger partial charge is 0.497 e. The number of ether oxygens (including phenoxy) is 2. The van der Waals surface area contributed by atoms with E-state index in [9.17, 15) is 0 Å². The molecule has 0 aromatic heterocycles. The molecule has 0 aromatic carbocycles. The summed E-state index contributed by atoms with van der Waals surface area (Å²) in [7, 11) is 0. The normalized spacial score (nSPS) is 38.6. The molecule has 18 heavy (non-hydrogen) atoms. The van der Waals surface area contributed by atoms with Gasteiger partial charge < -0.3 is 35.0 Å². The van der Waals surface area contributed by atoms with E-state index in [1.54, 1.807) is 6.26 Å². The van der Waals surface area contributed by atoms with E-state index in [-0.39, 0.29) is 0 Å². The van der Waals surface area contributed by atoms with E-state index in [4.69, 9.17) is 30.3 Å². The molecule has 1 unspecified atom stereocenters. The Hall–Kier alpha value is -0.960. The van der Waals surface area contributed by atoms with Gasteiger partial charge in [-0.2, -0.15) is 0 Å². The predicted octanol–water partition coefficient (Wildman–Crippen LogP) is -2.13. The molecular formula is C11H18O7. The van der Waals surface area contributed by atoms with Gasteiger partial charge in [0.15, 0.2) is 6.29 Å². The highest BCUT2D eigenvalue weighted by atomic mass is 16.6. The molecule has 7 heteroatoms. The van der Waals surface area contributed by atoms with Crippen LogP contribution in [0.15, 0.2) is 24.5 Å². The number of hydrogen-bond donors (Lipinski definition) is 5. The number of aliphatic hydroxyl groups is 5. The molecule has 7 nitrogen and oxygen atoms in total. The van der Waals surface area contributed by atoms with Crippen molar-refractivity contribution in [3.8, 4) is 0 Å². The Balaban J connectivity index is 0.000000225. The van der Waals surface area contributed by atoms with Crippen LogP contribution in [0.2, 0.25) is 0 Å². The van der Waals surface area contributed by atoms with Crippen LogP contribution in [0.4, 0.5) is 0 Å².